The Morgan fingerprint density at radius 2 is 2.05 bits per heavy atom. The van der Waals surface area contributed by atoms with Gasteiger partial charge in [-0.25, -0.2) is 0 Å². The smallest absolute Gasteiger partial charge is 0.276 e. The van der Waals surface area contributed by atoms with Crippen LogP contribution in [-0.2, 0) is 0 Å². The number of thioether (sulfide) groups is 1. The van der Waals surface area contributed by atoms with E-state index in [1.165, 1.54) is 32.4 Å². The fraction of sp³-hybridized carbons (Fsp3) is 0.467. The van der Waals surface area contributed by atoms with Gasteiger partial charge in [-0.05, 0) is 44.1 Å². The van der Waals surface area contributed by atoms with E-state index in [0.717, 1.165) is 17.9 Å². The number of likely N-dealkylation sites (tertiary alicyclic amines) is 1. The highest BCUT2D eigenvalue weighted by Gasteiger charge is 2.12. The zero-order chi connectivity index (χ0) is 14.5. The second-order valence-corrected chi connectivity index (χ2v) is 6.62. The van der Waals surface area contributed by atoms with Crippen LogP contribution < -0.4 is 0 Å². The first kappa shape index (κ1) is 14.9. The molecule has 0 bridgehead atoms. The Morgan fingerprint density at radius 1 is 1.19 bits per heavy atom. The molecule has 2 heterocycles. The molecule has 0 unspecified atom stereocenters. The maximum atomic E-state index is 5.97. The van der Waals surface area contributed by atoms with Crippen molar-refractivity contribution in [2.24, 2.45) is 0 Å². The van der Waals surface area contributed by atoms with Crippen LogP contribution in [0.1, 0.15) is 19.3 Å². The number of aromatic nitrogens is 2. The number of halogens is 1. The molecule has 1 aromatic heterocycles. The Labute approximate surface area is 133 Å². The maximum absolute atomic E-state index is 5.97. The molecule has 112 valence electrons. The molecule has 0 radical (unpaired) electrons. The molecule has 1 aliphatic rings. The van der Waals surface area contributed by atoms with E-state index >= 15 is 0 Å². The van der Waals surface area contributed by atoms with Gasteiger partial charge in [0.25, 0.3) is 5.22 Å². The van der Waals surface area contributed by atoms with Gasteiger partial charge in [-0.2, -0.15) is 0 Å². The molecule has 1 saturated heterocycles. The lowest BCUT2D eigenvalue weighted by Gasteiger charge is -2.25. The molecule has 6 heteroatoms. The van der Waals surface area contributed by atoms with Gasteiger partial charge >= 0.3 is 0 Å². The lowest BCUT2D eigenvalue weighted by Crippen LogP contribution is -2.31. The van der Waals surface area contributed by atoms with Crippen LogP contribution in [-0.4, -0.2) is 40.5 Å². The first-order chi connectivity index (χ1) is 10.3. The van der Waals surface area contributed by atoms with Crippen LogP contribution in [0.25, 0.3) is 11.5 Å². The van der Waals surface area contributed by atoms with Crippen LogP contribution in [0.15, 0.2) is 33.9 Å². The van der Waals surface area contributed by atoms with Crippen LogP contribution >= 0.6 is 23.4 Å². The molecular weight excluding hydrogens is 306 g/mol. The molecule has 1 aliphatic heterocycles. The number of piperidine rings is 1. The second-order valence-electron chi connectivity index (χ2n) is 5.13. The third-order valence-corrected chi connectivity index (χ3v) is 4.59. The van der Waals surface area contributed by atoms with Gasteiger partial charge in [0.05, 0.1) is 0 Å². The molecule has 0 amide bonds. The fourth-order valence-corrected chi connectivity index (χ4v) is 3.40. The Bertz CT molecular complexity index is 584. The monoisotopic (exact) mass is 323 g/mol. The molecule has 21 heavy (non-hydrogen) atoms. The number of benzene rings is 1. The summed E-state index contributed by atoms with van der Waals surface area (Å²) in [5, 5.41) is 9.47. The van der Waals surface area contributed by atoms with Gasteiger partial charge in [0.2, 0.25) is 5.89 Å². The molecule has 4 nitrogen and oxygen atoms in total. The molecule has 1 fully saturated rings. The Balaban J connectivity index is 1.53. The van der Waals surface area contributed by atoms with E-state index in [2.05, 4.69) is 15.1 Å². The van der Waals surface area contributed by atoms with Crippen molar-refractivity contribution >= 4 is 23.4 Å². The molecule has 0 saturated carbocycles. The van der Waals surface area contributed by atoms with E-state index in [1.807, 2.05) is 24.3 Å². The van der Waals surface area contributed by atoms with Gasteiger partial charge in [-0.3, -0.25) is 0 Å². The van der Waals surface area contributed by atoms with Crippen LogP contribution in [0.3, 0.4) is 0 Å². The maximum Gasteiger partial charge on any atom is 0.276 e. The molecule has 0 spiro atoms. The van der Waals surface area contributed by atoms with Crippen molar-refractivity contribution in [1.29, 1.82) is 0 Å². The summed E-state index contributed by atoms with van der Waals surface area (Å²) in [7, 11) is 0. The summed E-state index contributed by atoms with van der Waals surface area (Å²) in [6.45, 7) is 3.52. The van der Waals surface area contributed by atoms with E-state index < -0.39 is 0 Å². The SMILES string of the molecule is Clc1cccc(-c2nnc(SCCN3CCCCC3)o2)c1. The van der Waals surface area contributed by atoms with E-state index in [0.29, 0.717) is 16.1 Å². The van der Waals surface area contributed by atoms with Crippen molar-refractivity contribution in [2.45, 2.75) is 24.5 Å². The van der Waals surface area contributed by atoms with Crippen LogP contribution in [0.2, 0.25) is 5.02 Å². The summed E-state index contributed by atoms with van der Waals surface area (Å²) in [6.07, 6.45) is 4.02. The number of hydrogen-bond acceptors (Lipinski definition) is 5. The zero-order valence-electron chi connectivity index (χ0n) is 11.8. The molecule has 0 aliphatic carbocycles. The first-order valence-corrected chi connectivity index (χ1v) is 8.62. The van der Waals surface area contributed by atoms with Crippen molar-refractivity contribution in [3.8, 4) is 11.5 Å². The average Bonchev–Trinajstić information content (AvgIpc) is 2.97. The fourth-order valence-electron chi connectivity index (χ4n) is 2.45. The predicted molar refractivity (Wildman–Crippen MR) is 85.8 cm³/mol. The quantitative estimate of drug-likeness (QED) is 0.779. The minimum absolute atomic E-state index is 0.526. The van der Waals surface area contributed by atoms with Crippen molar-refractivity contribution < 1.29 is 4.42 Å². The summed E-state index contributed by atoms with van der Waals surface area (Å²) in [4.78, 5) is 2.50. The van der Waals surface area contributed by atoms with Crippen molar-refractivity contribution in [2.75, 3.05) is 25.4 Å². The van der Waals surface area contributed by atoms with Crippen molar-refractivity contribution in [3.63, 3.8) is 0 Å². The Morgan fingerprint density at radius 3 is 2.86 bits per heavy atom. The Hall–Kier alpha value is -1.04. The summed E-state index contributed by atoms with van der Waals surface area (Å²) < 4.78 is 5.68. The zero-order valence-corrected chi connectivity index (χ0v) is 13.4. The van der Waals surface area contributed by atoms with E-state index in [4.69, 9.17) is 16.0 Å². The van der Waals surface area contributed by atoms with Gasteiger partial charge in [-0.15, -0.1) is 10.2 Å². The van der Waals surface area contributed by atoms with Crippen LogP contribution in [0, 0.1) is 0 Å². The highest BCUT2D eigenvalue weighted by atomic mass is 35.5. The first-order valence-electron chi connectivity index (χ1n) is 7.26. The van der Waals surface area contributed by atoms with Crippen LogP contribution in [0.4, 0.5) is 0 Å². The van der Waals surface area contributed by atoms with Crippen molar-refractivity contribution in [3.05, 3.63) is 29.3 Å². The minimum atomic E-state index is 0.526. The summed E-state index contributed by atoms with van der Waals surface area (Å²) in [5.41, 5.74) is 0.859. The average molecular weight is 324 g/mol. The van der Waals surface area contributed by atoms with Gasteiger partial charge < -0.3 is 9.32 Å². The summed E-state index contributed by atoms with van der Waals surface area (Å²) >= 11 is 7.59. The normalized spacial score (nSPS) is 16.2. The highest BCUT2D eigenvalue weighted by molar-refractivity contribution is 7.99. The Kier molecular flexibility index (Phi) is 5.17. The van der Waals surface area contributed by atoms with Gasteiger partial charge in [0.15, 0.2) is 0 Å². The topological polar surface area (TPSA) is 42.2 Å². The molecule has 0 N–H and O–H groups in total. The number of nitrogens with zero attached hydrogens (tertiary/aromatic N) is 3. The third kappa shape index (κ3) is 4.22. The number of rotatable bonds is 5. The largest absolute Gasteiger partial charge is 0.411 e. The molecular formula is C15H18ClN3OS. The molecule has 1 aromatic carbocycles. The van der Waals surface area contributed by atoms with Gasteiger partial charge in [-0.1, -0.05) is 35.9 Å². The van der Waals surface area contributed by atoms with E-state index in [-0.39, 0.29) is 0 Å². The minimum Gasteiger partial charge on any atom is -0.411 e. The van der Waals surface area contributed by atoms with Crippen molar-refractivity contribution in [1.82, 2.24) is 15.1 Å². The van der Waals surface area contributed by atoms with Crippen LogP contribution in [0.5, 0.6) is 0 Å². The molecule has 2 aromatic rings. The van der Waals surface area contributed by atoms with E-state index in [1.54, 1.807) is 11.8 Å². The van der Waals surface area contributed by atoms with Gasteiger partial charge in [0, 0.05) is 22.9 Å². The lowest BCUT2D eigenvalue weighted by molar-refractivity contribution is 0.242. The molecule has 3 rings (SSSR count). The number of hydrogen-bond donors (Lipinski definition) is 0. The standard InChI is InChI=1S/C15H18ClN3OS/c16-13-6-4-5-12(11-13)14-17-18-15(20-14)21-10-9-19-7-2-1-3-8-19/h4-6,11H,1-3,7-10H2. The second kappa shape index (κ2) is 7.29. The van der Waals surface area contributed by atoms with Gasteiger partial charge in [0.1, 0.15) is 0 Å². The summed E-state index contributed by atoms with van der Waals surface area (Å²) in [5.74, 6) is 1.51. The molecule has 0 atom stereocenters. The lowest BCUT2D eigenvalue weighted by atomic mass is 10.1. The predicted octanol–water partition coefficient (Wildman–Crippen LogP) is 3.97. The van der Waals surface area contributed by atoms with E-state index in [9.17, 15) is 0 Å². The summed E-state index contributed by atoms with van der Waals surface area (Å²) in [6, 6.07) is 7.46. The highest BCUT2D eigenvalue weighted by Crippen LogP contribution is 2.25. The third-order valence-electron chi connectivity index (χ3n) is 3.56.